The highest BCUT2D eigenvalue weighted by atomic mass is 16.7. The van der Waals surface area contributed by atoms with Gasteiger partial charge in [-0.1, -0.05) is 48.5 Å². The summed E-state index contributed by atoms with van der Waals surface area (Å²) in [5.41, 5.74) is 4.64. The molecule has 0 saturated heterocycles. The van der Waals surface area contributed by atoms with Crippen molar-refractivity contribution < 1.29 is 9.94 Å². The molecule has 2 aromatic rings. The molecule has 88 valence electrons. The Morgan fingerprint density at radius 3 is 2.12 bits per heavy atom. The van der Waals surface area contributed by atoms with Gasteiger partial charge in [0.1, 0.15) is 6.10 Å². The van der Waals surface area contributed by atoms with Gasteiger partial charge in [0.2, 0.25) is 0 Å². The van der Waals surface area contributed by atoms with Gasteiger partial charge >= 0.3 is 0 Å². The lowest BCUT2D eigenvalue weighted by molar-refractivity contribution is 0.0465. The van der Waals surface area contributed by atoms with Crippen LogP contribution in [-0.4, -0.2) is 11.7 Å². The molecule has 0 radical (unpaired) electrons. The minimum absolute atomic E-state index is 0.0656. The summed E-state index contributed by atoms with van der Waals surface area (Å²) in [6.45, 7) is -0.0656. The second-order valence-electron chi connectivity index (χ2n) is 3.67. The van der Waals surface area contributed by atoms with Crippen LogP contribution in [0.5, 0.6) is 0 Å². The van der Waals surface area contributed by atoms with E-state index in [1.807, 2.05) is 60.7 Å². The Kier molecular flexibility index (Phi) is 4.13. The highest BCUT2D eigenvalue weighted by Crippen LogP contribution is 2.17. The molecule has 0 aliphatic carbocycles. The van der Waals surface area contributed by atoms with Crippen molar-refractivity contribution in [2.24, 2.45) is 0 Å². The first-order valence-electron chi connectivity index (χ1n) is 5.52. The van der Waals surface area contributed by atoms with Crippen LogP contribution in [-0.2, 0) is 4.84 Å². The molecular weight excluding hydrogens is 214 g/mol. The van der Waals surface area contributed by atoms with Gasteiger partial charge in [-0.05, 0) is 17.7 Å². The van der Waals surface area contributed by atoms with Crippen LogP contribution in [0, 0.1) is 0 Å². The third kappa shape index (κ3) is 3.31. The van der Waals surface area contributed by atoms with Crippen molar-refractivity contribution in [1.82, 2.24) is 0 Å². The number of nitrogens with one attached hydrogen (secondary N) is 1. The SMILES string of the molecule is OC[C@H](ONc1ccccc1)c1ccccc1. The Hall–Kier alpha value is -1.84. The van der Waals surface area contributed by atoms with Gasteiger partial charge in [0.05, 0.1) is 12.3 Å². The van der Waals surface area contributed by atoms with E-state index in [-0.39, 0.29) is 12.7 Å². The Morgan fingerprint density at radius 1 is 0.941 bits per heavy atom. The van der Waals surface area contributed by atoms with Crippen LogP contribution in [0.3, 0.4) is 0 Å². The van der Waals surface area contributed by atoms with E-state index in [2.05, 4.69) is 5.48 Å². The maximum atomic E-state index is 9.29. The van der Waals surface area contributed by atoms with Crippen molar-refractivity contribution >= 4 is 5.69 Å². The monoisotopic (exact) mass is 229 g/mol. The van der Waals surface area contributed by atoms with E-state index >= 15 is 0 Å². The topological polar surface area (TPSA) is 41.5 Å². The molecule has 2 rings (SSSR count). The summed E-state index contributed by atoms with van der Waals surface area (Å²) in [5.74, 6) is 0. The molecule has 0 aromatic heterocycles. The summed E-state index contributed by atoms with van der Waals surface area (Å²) in [6, 6.07) is 19.2. The van der Waals surface area contributed by atoms with Crippen LogP contribution in [0.25, 0.3) is 0 Å². The average Bonchev–Trinajstić information content (AvgIpc) is 2.42. The van der Waals surface area contributed by atoms with E-state index in [4.69, 9.17) is 4.84 Å². The number of aliphatic hydroxyl groups excluding tert-OH is 1. The van der Waals surface area contributed by atoms with Crippen LogP contribution in [0.2, 0.25) is 0 Å². The quantitative estimate of drug-likeness (QED) is 0.775. The minimum atomic E-state index is -0.364. The first-order chi connectivity index (χ1) is 8.40. The fraction of sp³-hybridized carbons (Fsp3) is 0.143. The fourth-order valence-electron chi connectivity index (χ4n) is 1.52. The summed E-state index contributed by atoms with van der Waals surface area (Å²) in [7, 11) is 0. The van der Waals surface area contributed by atoms with Crippen LogP contribution in [0.15, 0.2) is 60.7 Å². The lowest BCUT2D eigenvalue weighted by Crippen LogP contribution is -2.13. The lowest BCUT2D eigenvalue weighted by atomic mass is 10.1. The molecular formula is C14H15NO2. The first kappa shape index (κ1) is 11.6. The Balaban J connectivity index is 1.97. The number of aliphatic hydroxyl groups is 1. The Bertz CT molecular complexity index is 430. The average molecular weight is 229 g/mol. The molecule has 0 spiro atoms. The van der Waals surface area contributed by atoms with Gasteiger partial charge in [-0.3, -0.25) is 10.3 Å². The van der Waals surface area contributed by atoms with Crippen LogP contribution in [0.4, 0.5) is 5.69 Å². The van der Waals surface area contributed by atoms with Crippen molar-refractivity contribution in [3.05, 3.63) is 66.2 Å². The van der Waals surface area contributed by atoms with Gasteiger partial charge in [0.15, 0.2) is 0 Å². The molecule has 0 unspecified atom stereocenters. The zero-order chi connectivity index (χ0) is 11.9. The van der Waals surface area contributed by atoms with E-state index in [1.54, 1.807) is 0 Å². The van der Waals surface area contributed by atoms with Crippen LogP contribution < -0.4 is 5.48 Å². The first-order valence-corrected chi connectivity index (χ1v) is 5.52. The van der Waals surface area contributed by atoms with Crippen molar-refractivity contribution in [2.45, 2.75) is 6.10 Å². The predicted octanol–water partition coefficient (Wildman–Crippen LogP) is 2.76. The fourth-order valence-corrected chi connectivity index (χ4v) is 1.52. The maximum Gasteiger partial charge on any atom is 0.133 e. The molecule has 17 heavy (non-hydrogen) atoms. The van der Waals surface area contributed by atoms with Crippen molar-refractivity contribution in [3.8, 4) is 0 Å². The normalized spacial score (nSPS) is 12.1. The van der Waals surface area contributed by atoms with Crippen molar-refractivity contribution in [1.29, 1.82) is 0 Å². The van der Waals surface area contributed by atoms with E-state index in [1.165, 1.54) is 0 Å². The van der Waals surface area contributed by atoms with E-state index in [0.717, 1.165) is 11.3 Å². The summed E-state index contributed by atoms with van der Waals surface area (Å²) in [6.07, 6.45) is -0.364. The maximum absolute atomic E-state index is 9.29. The van der Waals surface area contributed by atoms with Crippen molar-refractivity contribution in [2.75, 3.05) is 12.1 Å². The van der Waals surface area contributed by atoms with Gasteiger partial charge < -0.3 is 5.11 Å². The number of hydrogen-bond acceptors (Lipinski definition) is 3. The number of anilines is 1. The number of para-hydroxylation sites is 1. The van der Waals surface area contributed by atoms with E-state index in [9.17, 15) is 5.11 Å². The zero-order valence-corrected chi connectivity index (χ0v) is 9.41. The third-order valence-corrected chi connectivity index (χ3v) is 2.43. The van der Waals surface area contributed by atoms with Crippen LogP contribution in [0.1, 0.15) is 11.7 Å². The van der Waals surface area contributed by atoms with Gasteiger partial charge in [0, 0.05) is 0 Å². The smallest absolute Gasteiger partial charge is 0.133 e. The predicted molar refractivity (Wildman–Crippen MR) is 67.4 cm³/mol. The highest BCUT2D eigenvalue weighted by molar-refractivity contribution is 5.40. The molecule has 0 aliphatic rings. The third-order valence-electron chi connectivity index (χ3n) is 2.43. The molecule has 2 aromatic carbocycles. The molecule has 0 fully saturated rings. The Morgan fingerprint density at radius 2 is 1.53 bits per heavy atom. The van der Waals surface area contributed by atoms with Crippen molar-refractivity contribution in [3.63, 3.8) is 0 Å². The Labute approximate surface area is 101 Å². The highest BCUT2D eigenvalue weighted by Gasteiger charge is 2.10. The second-order valence-corrected chi connectivity index (χ2v) is 3.67. The summed E-state index contributed by atoms with van der Waals surface area (Å²) < 4.78 is 0. The lowest BCUT2D eigenvalue weighted by Gasteiger charge is -2.16. The molecule has 0 saturated carbocycles. The molecule has 1 atom stereocenters. The molecule has 2 N–H and O–H groups in total. The minimum Gasteiger partial charge on any atom is -0.393 e. The van der Waals surface area contributed by atoms with Gasteiger partial charge in [-0.25, -0.2) is 0 Å². The molecule has 0 heterocycles. The second kappa shape index (κ2) is 6.03. The molecule has 0 bridgehead atoms. The number of rotatable bonds is 5. The molecule has 0 aliphatic heterocycles. The summed E-state index contributed by atoms with van der Waals surface area (Å²) in [5, 5.41) is 9.29. The summed E-state index contributed by atoms with van der Waals surface area (Å²) >= 11 is 0. The molecule has 3 nitrogen and oxygen atoms in total. The standard InChI is InChI=1S/C14H15NO2/c16-11-14(12-7-3-1-4-8-12)17-15-13-9-5-2-6-10-13/h1-10,14-16H,11H2/t14-/m0/s1. The zero-order valence-electron chi connectivity index (χ0n) is 9.41. The van der Waals surface area contributed by atoms with Gasteiger partial charge in [0.25, 0.3) is 0 Å². The van der Waals surface area contributed by atoms with Gasteiger partial charge in [-0.2, -0.15) is 0 Å². The van der Waals surface area contributed by atoms with E-state index in [0.29, 0.717) is 0 Å². The summed E-state index contributed by atoms with van der Waals surface area (Å²) in [4.78, 5) is 5.46. The number of hydrogen-bond donors (Lipinski definition) is 2. The largest absolute Gasteiger partial charge is 0.393 e. The number of benzene rings is 2. The molecule has 0 amide bonds. The molecule has 3 heteroatoms. The van der Waals surface area contributed by atoms with E-state index < -0.39 is 0 Å². The van der Waals surface area contributed by atoms with Gasteiger partial charge in [-0.15, -0.1) is 0 Å². The van der Waals surface area contributed by atoms with Crippen LogP contribution >= 0.6 is 0 Å².